The number of aromatic nitrogens is 2. The predicted octanol–water partition coefficient (Wildman–Crippen LogP) is 9.33. The molecule has 0 aromatic carbocycles. The summed E-state index contributed by atoms with van der Waals surface area (Å²) in [6.07, 6.45) is -3.20. The van der Waals surface area contributed by atoms with Gasteiger partial charge in [0.25, 0.3) is 0 Å². The monoisotopic (exact) mass is 734 g/mol. The van der Waals surface area contributed by atoms with E-state index in [0.717, 1.165) is 40.9 Å². The van der Waals surface area contributed by atoms with Gasteiger partial charge < -0.3 is 13.9 Å². The molecule has 4 heterocycles. The maximum atomic E-state index is 15.7. The van der Waals surface area contributed by atoms with Gasteiger partial charge in [-0.1, -0.05) is 71.1 Å². The lowest BCUT2D eigenvalue weighted by molar-refractivity contribution is -0.138. The van der Waals surface area contributed by atoms with Gasteiger partial charge in [0.1, 0.15) is 23.2 Å². The zero-order chi connectivity index (χ0) is 31.9. The molecule has 0 bridgehead atoms. The quantitative estimate of drug-likeness (QED) is 0.136. The Morgan fingerprint density at radius 2 is 1.81 bits per heavy atom. The van der Waals surface area contributed by atoms with Gasteiger partial charge in [-0.3, -0.25) is 9.97 Å². The number of hydrogen-bond acceptors (Lipinski definition) is 5. The van der Waals surface area contributed by atoms with Crippen LogP contribution in [0, 0.1) is 11.2 Å². The van der Waals surface area contributed by atoms with E-state index >= 15 is 4.39 Å². The van der Waals surface area contributed by atoms with Crippen molar-refractivity contribution in [1.29, 1.82) is 0 Å². The summed E-state index contributed by atoms with van der Waals surface area (Å²) in [5, 5.41) is -0.0301. The van der Waals surface area contributed by atoms with Crippen LogP contribution in [0.4, 0.5) is 17.6 Å². The van der Waals surface area contributed by atoms with E-state index in [1.807, 2.05) is 13.8 Å². The molecule has 1 saturated heterocycles. The summed E-state index contributed by atoms with van der Waals surface area (Å²) >= 11 is 2.36. The number of halogens is 5. The van der Waals surface area contributed by atoms with Crippen molar-refractivity contribution in [3.05, 3.63) is 57.4 Å². The molecule has 5 rings (SSSR count). The Morgan fingerprint density at radius 1 is 1.14 bits per heavy atom. The van der Waals surface area contributed by atoms with Crippen molar-refractivity contribution in [2.75, 3.05) is 13.2 Å². The van der Waals surface area contributed by atoms with Crippen molar-refractivity contribution in [2.24, 2.45) is 5.41 Å². The second kappa shape index (κ2) is 11.0. The molecule has 1 fully saturated rings. The summed E-state index contributed by atoms with van der Waals surface area (Å²) in [5.41, 5.74) is 2.26. The molecule has 2 aromatic rings. The third-order valence-electron chi connectivity index (χ3n) is 9.72. The van der Waals surface area contributed by atoms with Crippen LogP contribution in [0.25, 0.3) is 0 Å². The van der Waals surface area contributed by atoms with Crippen molar-refractivity contribution in [2.45, 2.75) is 120 Å². The van der Waals surface area contributed by atoms with Gasteiger partial charge in [-0.05, 0) is 48.4 Å². The number of fused-ring (bicyclic) bond motifs is 4. The lowest BCUT2D eigenvalue weighted by Crippen LogP contribution is -2.47. The van der Waals surface area contributed by atoms with Gasteiger partial charge in [0.15, 0.2) is 8.32 Å². The van der Waals surface area contributed by atoms with Crippen molar-refractivity contribution in [3.63, 3.8) is 0 Å². The average Bonchev–Trinajstić information content (AvgIpc) is 3.18. The topological polar surface area (TPSA) is 53.5 Å². The van der Waals surface area contributed by atoms with E-state index in [2.05, 4.69) is 75.3 Å². The third-order valence-corrected chi connectivity index (χ3v) is 15.6. The SMILES string of the molecule is CC(C)c1nc2c(c3c1[C@@H](c1ncc(C(F)(F)F)cc1F)OC31CCOCC1I)[C@@H](O[Si](C)(C)C(C)(C)C)CC(C)(C)C2. The molecule has 1 spiro atoms. The summed E-state index contributed by atoms with van der Waals surface area (Å²) in [6.45, 7) is 20.6. The summed E-state index contributed by atoms with van der Waals surface area (Å²) in [7, 11) is -2.26. The number of hydrogen-bond donors (Lipinski definition) is 0. The van der Waals surface area contributed by atoms with Gasteiger partial charge in [0.05, 0.1) is 22.2 Å². The van der Waals surface area contributed by atoms with Crippen LogP contribution < -0.4 is 0 Å². The van der Waals surface area contributed by atoms with Crippen molar-refractivity contribution < 1.29 is 31.5 Å². The molecule has 2 aliphatic heterocycles. The molecule has 5 nitrogen and oxygen atoms in total. The first-order valence-corrected chi connectivity index (χ1v) is 19.2. The highest BCUT2D eigenvalue weighted by Gasteiger charge is 2.57. The molecule has 0 saturated carbocycles. The summed E-state index contributed by atoms with van der Waals surface area (Å²) in [5.74, 6) is -1.09. The molecule has 0 radical (unpaired) electrons. The van der Waals surface area contributed by atoms with Gasteiger partial charge in [-0.2, -0.15) is 13.2 Å². The average molecular weight is 735 g/mol. The second-order valence-electron chi connectivity index (χ2n) is 15.0. The zero-order valence-corrected chi connectivity index (χ0v) is 29.7. The molecule has 0 amide bonds. The Labute approximate surface area is 267 Å². The molecule has 2 unspecified atom stereocenters. The van der Waals surface area contributed by atoms with E-state index in [-0.39, 0.29) is 32.1 Å². The Kier molecular flexibility index (Phi) is 8.48. The Morgan fingerprint density at radius 3 is 2.37 bits per heavy atom. The van der Waals surface area contributed by atoms with Gasteiger partial charge >= 0.3 is 6.18 Å². The van der Waals surface area contributed by atoms with Crippen LogP contribution in [0.3, 0.4) is 0 Å². The van der Waals surface area contributed by atoms with Crippen LogP contribution in [-0.4, -0.2) is 35.4 Å². The molecule has 238 valence electrons. The van der Waals surface area contributed by atoms with Crippen LogP contribution in [0.5, 0.6) is 0 Å². The van der Waals surface area contributed by atoms with Crippen molar-refractivity contribution >= 4 is 30.9 Å². The fourth-order valence-electron chi connectivity index (χ4n) is 6.52. The molecule has 11 heteroatoms. The molecular formula is C32H43F4IN2O3Si. The number of pyridine rings is 2. The van der Waals surface area contributed by atoms with E-state index in [1.54, 1.807) is 0 Å². The van der Waals surface area contributed by atoms with Gasteiger partial charge in [0, 0.05) is 47.3 Å². The summed E-state index contributed by atoms with van der Waals surface area (Å²) in [4.78, 5) is 9.35. The maximum absolute atomic E-state index is 15.7. The molecule has 3 aliphatic rings. The van der Waals surface area contributed by atoms with Gasteiger partial charge in [-0.15, -0.1) is 0 Å². The summed E-state index contributed by atoms with van der Waals surface area (Å²) < 4.78 is 76.0. The van der Waals surface area contributed by atoms with Crippen LogP contribution in [0.15, 0.2) is 12.3 Å². The zero-order valence-electron chi connectivity index (χ0n) is 26.5. The van der Waals surface area contributed by atoms with E-state index in [0.29, 0.717) is 31.9 Å². The highest BCUT2D eigenvalue weighted by molar-refractivity contribution is 14.1. The first kappa shape index (κ1) is 33.2. The highest BCUT2D eigenvalue weighted by Crippen LogP contribution is 2.60. The lowest BCUT2D eigenvalue weighted by Gasteiger charge is -2.47. The number of alkyl halides is 4. The van der Waals surface area contributed by atoms with E-state index in [4.69, 9.17) is 18.9 Å². The Bertz CT molecular complexity index is 1410. The number of rotatable bonds is 4. The molecule has 0 N–H and O–H groups in total. The normalized spacial score (nSPS) is 27.5. The Hall–Kier alpha value is -1.15. The largest absolute Gasteiger partial charge is 0.417 e. The van der Waals surface area contributed by atoms with Gasteiger partial charge in [0.2, 0.25) is 0 Å². The van der Waals surface area contributed by atoms with E-state index in [1.165, 1.54) is 0 Å². The van der Waals surface area contributed by atoms with Crippen LogP contribution in [0.2, 0.25) is 18.1 Å². The van der Waals surface area contributed by atoms with Crippen LogP contribution in [-0.2, 0) is 32.1 Å². The first-order valence-electron chi connectivity index (χ1n) is 15.1. The molecular weight excluding hydrogens is 691 g/mol. The minimum absolute atomic E-state index is 0.0301. The Balaban J connectivity index is 1.82. The van der Waals surface area contributed by atoms with Crippen LogP contribution >= 0.6 is 22.6 Å². The fraction of sp³-hybridized carbons (Fsp3) is 0.688. The first-order chi connectivity index (χ1) is 19.7. The van der Waals surface area contributed by atoms with E-state index in [9.17, 15) is 13.2 Å². The molecule has 4 atom stereocenters. The minimum atomic E-state index is -4.71. The predicted molar refractivity (Wildman–Crippen MR) is 168 cm³/mol. The van der Waals surface area contributed by atoms with Crippen LogP contribution in [0.1, 0.15) is 119 Å². The van der Waals surface area contributed by atoms with Crippen molar-refractivity contribution in [3.8, 4) is 0 Å². The number of nitrogens with zero attached hydrogens (tertiary/aromatic N) is 2. The van der Waals surface area contributed by atoms with E-state index < -0.39 is 37.6 Å². The highest BCUT2D eigenvalue weighted by atomic mass is 127. The molecule has 2 aromatic heterocycles. The third kappa shape index (κ3) is 5.83. The minimum Gasteiger partial charge on any atom is -0.410 e. The molecule has 43 heavy (non-hydrogen) atoms. The second-order valence-corrected chi connectivity index (χ2v) is 21.2. The lowest BCUT2D eigenvalue weighted by atomic mass is 9.70. The van der Waals surface area contributed by atoms with Crippen molar-refractivity contribution in [1.82, 2.24) is 9.97 Å². The number of ether oxygens (including phenoxy) is 2. The summed E-state index contributed by atoms with van der Waals surface area (Å²) in [6, 6.07) is 0.522. The smallest absolute Gasteiger partial charge is 0.410 e. The van der Waals surface area contributed by atoms with Gasteiger partial charge in [-0.25, -0.2) is 4.39 Å². The maximum Gasteiger partial charge on any atom is 0.417 e. The molecule has 1 aliphatic carbocycles. The standard InChI is InChI=1S/C32H43F4IN2O3Si/c1-17(2)26-24-25(23-20(39-26)13-30(6,7)14-21(23)42-43(8,9)29(3,4)5)31(10-11-40-16-22(31)37)41-28(24)27-19(33)12-18(15-38-27)32(34,35)36/h12,15,17,21-22,28H,10-11,13-14,16H2,1-9H3/t21-,22?,28-,31?/m0/s1. The fourth-order valence-corrected chi connectivity index (χ4v) is 8.81.